The number of likely N-dealkylation sites (tertiary alicyclic amines) is 1. The van der Waals surface area contributed by atoms with Crippen LogP contribution in [0.1, 0.15) is 33.1 Å². The van der Waals surface area contributed by atoms with Crippen LogP contribution in [0.15, 0.2) is 4.99 Å². The smallest absolute Gasteiger partial charge is 0.239 e. The molecule has 1 atom stereocenters. The van der Waals surface area contributed by atoms with E-state index in [2.05, 4.69) is 25.8 Å². The number of nitrogens with one attached hydrogen (secondary N) is 3. The first-order chi connectivity index (χ1) is 9.58. The van der Waals surface area contributed by atoms with Crippen molar-refractivity contribution in [3.63, 3.8) is 0 Å². The number of halogens is 1. The van der Waals surface area contributed by atoms with E-state index in [1.165, 1.54) is 19.4 Å². The molecule has 0 aromatic carbocycles. The van der Waals surface area contributed by atoms with E-state index in [4.69, 9.17) is 0 Å². The number of carbonyl (C=O) groups is 1. The van der Waals surface area contributed by atoms with Gasteiger partial charge >= 0.3 is 0 Å². The topological polar surface area (TPSA) is 68.8 Å². The van der Waals surface area contributed by atoms with E-state index in [0.29, 0.717) is 12.0 Å². The lowest BCUT2D eigenvalue weighted by atomic mass is 10.3. The molecule has 122 valence electrons. The van der Waals surface area contributed by atoms with Gasteiger partial charge in [-0.1, -0.05) is 0 Å². The van der Waals surface area contributed by atoms with Gasteiger partial charge < -0.3 is 16.0 Å². The molecule has 7 heteroatoms. The first kappa shape index (κ1) is 18.5. The highest BCUT2D eigenvalue weighted by Crippen LogP contribution is 2.29. The van der Waals surface area contributed by atoms with Gasteiger partial charge in [0.2, 0.25) is 5.91 Å². The van der Waals surface area contributed by atoms with Crippen molar-refractivity contribution in [3.8, 4) is 0 Å². The largest absolute Gasteiger partial charge is 0.352 e. The van der Waals surface area contributed by atoms with Gasteiger partial charge in [0.25, 0.3) is 0 Å². The summed E-state index contributed by atoms with van der Waals surface area (Å²) in [7, 11) is 1.74. The van der Waals surface area contributed by atoms with E-state index in [-0.39, 0.29) is 42.5 Å². The lowest BCUT2D eigenvalue weighted by Crippen LogP contribution is -2.48. The average Bonchev–Trinajstić information content (AvgIpc) is 3.14. The molecule has 0 bridgehead atoms. The van der Waals surface area contributed by atoms with Crippen molar-refractivity contribution < 1.29 is 4.79 Å². The maximum absolute atomic E-state index is 11.6. The van der Waals surface area contributed by atoms with Gasteiger partial charge in [0.05, 0.1) is 6.54 Å². The molecule has 1 aliphatic heterocycles. The number of hydrogen-bond acceptors (Lipinski definition) is 3. The summed E-state index contributed by atoms with van der Waals surface area (Å²) in [5.74, 6) is 0.709. The van der Waals surface area contributed by atoms with E-state index >= 15 is 0 Å². The van der Waals surface area contributed by atoms with Crippen LogP contribution in [0.5, 0.6) is 0 Å². The molecule has 0 spiro atoms. The second-order valence-electron chi connectivity index (χ2n) is 6.00. The molecular formula is C14H28IN5O. The Morgan fingerprint density at radius 1 is 1.33 bits per heavy atom. The van der Waals surface area contributed by atoms with Gasteiger partial charge in [-0.3, -0.25) is 14.7 Å². The minimum absolute atomic E-state index is 0. The van der Waals surface area contributed by atoms with E-state index < -0.39 is 0 Å². The van der Waals surface area contributed by atoms with Gasteiger partial charge in [-0.05, 0) is 33.1 Å². The van der Waals surface area contributed by atoms with E-state index in [0.717, 1.165) is 19.0 Å². The number of carbonyl (C=O) groups excluding carboxylic acids is 1. The summed E-state index contributed by atoms with van der Waals surface area (Å²) in [5.41, 5.74) is 0. The SMILES string of the molecule is CN=C(NCC(=O)NC(C)C)NC1CCN(C2CC2)C1.I. The Labute approximate surface area is 144 Å². The molecule has 6 nitrogen and oxygen atoms in total. The second kappa shape index (κ2) is 8.77. The number of rotatable bonds is 5. The zero-order valence-corrected chi connectivity index (χ0v) is 15.5. The highest BCUT2D eigenvalue weighted by atomic mass is 127. The first-order valence-corrected chi connectivity index (χ1v) is 7.59. The molecule has 21 heavy (non-hydrogen) atoms. The Morgan fingerprint density at radius 2 is 2.05 bits per heavy atom. The van der Waals surface area contributed by atoms with Crippen LogP contribution < -0.4 is 16.0 Å². The van der Waals surface area contributed by atoms with Gasteiger partial charge in [-0.25, -0.2) is 0 Å². The predicted octanol–water partition coefficient (Wildman–Crippen LogP) is 0.531. The summed E-state index contributed by atoms with van der Waals surface area (Å²) in [5, 5.41) is 9.33. The van der Waals surface area contributed by atoms with Gasteiger partial charge in [0, 0.05) is 38.3 Å². The monoisotopic (exact) mass is 409 g/mol. The highest BCUT2D eigenvalue weighted by molar-refractivity contribution is 14.0. The standard InChI is InChI=1S/C14H27N5O.HI/c1-10(2)17-13(20)8-16-14(15-3)18-11-6-7-19(9-11)12-4-5-12;/h10-12H,4-9H2,1-3H3,(H,17,20)(H2,15,16,18);1H. The number of guanidine groups is 1. The molecule has 1 heterocycles. The van der Waals surface area contributed by atoms with Gasteiger partial charge in [-0.2, -0.15) is 0 Å². The molecule has 2 fully saturated rings. The van der Waals surface area contributed by atoms with Gasteiger partial charge in [0.1, 0.15) is 0 Å². The molecular weight excluding hydrogens is 381 g/mol. The van der Waals surface area contributed by atoms with Crippen LogP contribution >= 0.6 is 24.0 Å². The maximum atomic E-state index is 11.6. The number of hydrogen-bond donors (Lipinski definition) is 3. The molecule has 2 rings (SSSR count). The van der Waals surface area contributed by atoms with E-state index in [1.807, 2.05) is 13.8 Å². The number of nitrogens with zero attached hydrogens (tertiary/aromatic N) is 2. The number of amides is 1. The fraction of sp³-hybridized carbons (Fsp3) is 0.857. The molecule has 1 amide bonds. The Morgan fingerprint density at radius 3 is 2.62 bits per heavy atom. The van der Waals surface area contributed by atoms with Crippen molar-refractivity contribution in [2.45, 2.75) is 51.2 Å². The van der Waals surface area contributed by atoms with Crippen molar-refractivity contribution in [2.75, 3.05) is 26.7 Å². The summed E-state index contributed by atoms with van der Waals surface area (Å²) in [6.07, 6.45) is 3.86. The fourth-order valence-corrected chi connectivity index (χ4v) is 2.60. The molecule has 1 saturated heterocycles. The van der Waals surface area contributed by atoms with Crippen LogP contribution in [-0.4, -0.2) is 61.6 Å². The summed E-state index contributed by atoms with van der Waals surface area (Å²) < 4.78 is 0. The zero-order valence-electron chi connectivity index (χ0n) is 13.2. The summed E-state index contributed by atoms with van der Waals surface area (Å²) in [6.45, 7) is 6.43. The van der Waals surface area contributed by atoms with Crippen LogP contribution in [0.2, 0.25) is 0 Å². The summed E-state index contributed by atoms with van der Waals surface area (Å²) >= 11 is 0. The molecule has 0 radical (unpaired) electrons. The van der Waals surface area contributed by atoms with Crippen molar-refractivity contribution >= 4 is 35.8 Å². The summed E-state index contributed by atoms with van der Waals surface area (Å²) in [6, 6.07) is 1.43. The van der Waals surface area contributed by atoms with E-state index in [9.17, 15) is 4.79 Å². The minimum Gasteiger partial charge on any atom is -0.352 e. The van der Waals surface area contributed by atoms with Crippen molar-refractivity contribution in [1.29, 1.82) is 0 Å². The molecule has 1 aliphatic carbocycles. The normalized spacial score (nSPS) is 22.9. The van der Waals surface area contributed by atoms with E-state index in [1.54, 1.807) is 7.05 Å². The van der Waals surface area contributed by atoms with Crippen LogP contribution in [0.3, 0.4) is 0 Å². The van der Waals surface area contributed by atoms with Crippen LogP contribution in [0.25, 0.3) is 0 Å². The molecule has 1 saturated carbocycles. The lowest BCUT2D eigenvalue weighted by molar-refractivity contribution is -0.120. The van der Waals surface area contributed by atoms with Crippen LogP contribution in [0, 0.1) is 0 Å². The third-order valence-corrected chi connectivity index (χ3v) is 3.71. The Bertz CT molecular complexity index is 370. The van der Waals surface area contributed by atoms with Crippen molar-refractivity contribution in [2.24, 2.45) is 4.99 Å². The highest BCUT2D eigenvalue weighted by Gasteiger charge is 2.34. The minimum atomic E-state index is -0.00558. The fourth-order valence-electron chi connectivity index (χ4n) is 2.60. The van der Waals surface area contributed by atoms with Crippen LogP contribution in [0.4, 0.5) is 0 Å². The Balaban J connectivity index is 0.00000220. The van der Waals surface area contributed by atoms with Gasteiger partial charge in [0.15, 0.2) is 5.96 Å². The lowest BCUT2D eigenvalue weighted by Gasteiger charge is -2.18. The second-order valence-corrected chi connectivity index (χ2v) is 6.00. The third kappa shape index (κ3) is 6.37. The Kier molecular flexibility index (Phi) is 7.72. The molecule has 1 unspecified atom stereocenters. The number of aliphatic imine (C=N–C) groups is 1. The third-order valence-electron chi connectivity index (χ3n) is 3.71. The van der Waals surface area contributed by atoms with Crippen molar-refractivity contribution in [3.05, 3.63) is 0 Å². The van der Waals surface area contributed by atoms with Crippen molar-refractivity contribution in [1.82, 2.24) is 20.9 Å². The zero-order chi connectivity index (χ0) is 14.5. The Hall–Kier alpha value is -0.570. The molecule has 2 aliphatic rings. The van der Waals surface area contributed by atoms with Crippen LogP contribution in [-0.2, 0) is 4.79 Å². The summed E-state index contributed by atoms with van der Waals surface area (Å²) in [4.78, 5) is 18.3. The average molecular weight is 409 g/mol. The molecule has 3 N–H and O–H groups in total. The molecule has 0 aromatic heterocycles. The predicted molar refractivity (Wildman–Crippen MR) is 96.2 cm³/mol. The van der Waals surface area contributed by atoms with Gasteiger partial charge in [-0.15, -0.1) is 24.0 Å². The quantitative estimate of drug-likeness (QED) is 0.352. The maximum Gasteiger partial charge on any atom is 0.239 e. The molecule has 0 aromatic rings. The first-order valence-electron chi connectivity index (χ1n) is 7.59.